The second kappa shape index (κ2) is 5.54. The molecule has 106 valence electrons. The first-order valence-electron chi connectivity index (χ1n) is 7.02. The van der Waals surface area contributed by atoms with Crippen molar-refractivity contribution in [2.45, 2.75) is 25.8 Å². The van der Waals surface area contributed by atoms with Gasteiger partial charge in [-0.2, -0.15) is 0 Å². The second-order valence-corrected chi connectivity index (χ2v) is 6.20. The van der Waals surface area contributed by atoms with Gasteiger partial charge in [-0.3, -0.25) is 0 Å². The molecule has 3 rings (SSSR count). The highest BCUT2D eigenvalue weighted by atomic mass is 32.1. The maximum absolute atomic E-state index is 14.1. The van der Waals surface area contributed by atoms with Gasteiger partial charge in [0.1, 0.15) is 5.82 Å². The predicted octanol–water partition coefficient (Wildman–Crippen LogP) is 3.51. The molecule has 1 aromatic carbocycles. The Labute approximate surface area is 123 Å². The smallest absolute Gasteiger partial charge is 0.128 e. The lowest BCUT2D eigenvalue weighted by atomic mass is 9.98. The highest BCUT2D eigenvalue weighted by Crippen LogP contribution is 2.37. The third-order valence-electron chi connectivity index (χ3n) is 4.08. The molecule has 0 spiro atoms. The van der Waals surface area contributed by atoms with Gasteiger partial charge in [-0.1, -0.05) is 6.07 Å². The molecule has 1 aromatic heterocycles. The molecule has 0 bridgehead atoms. The molecule has 1 aliphatic rings. The number of thiophene rings is 1. The van der Waals surface area contributed by atoms with Crippen LogP contribution in [0.3, 0.4) is 0 Å². The Morgan fingerprint density at radius 2 is 2.25 bits per heavy atom. The van der Waals surface area contributed by atoms with E-state index in [4.69, 9.17) is 5.73 Å². The zero-order valence-corrected chi connectivity index (χ0v) is 12.4. The summed E-state index contributed by atoms with van der Waals surface area (Å²) in [5.41, 5.74) is 8.77. The van der Waals surface area contributed by atoms with E-state index in [0.717, 1.165) is 24.2 Å². The normalized spacial score (nSPS) is 18.1. The van der Waals surface area contributed by atoms with E-state index in [2.05, 4.69) is 23.3 Å². The van der Waals surface area contributed by atoms with Gasteiger partial charge in [0.25, 0.3) is 0 Å². The van der Waals surface area contributed by atoms with Crippen LogP contribution in [0.5, 0.6) is 0 Å². The van der Waals surface area contributed by atoms with Crippen molar-refractivity contribution in [1.82, 2.24) is 0 Å². The van der Waals surface area contributed by atoms with Gasteiger partial charge in [0.15, 0.2) is 0 Å². The summed E-state index contributed by atoms with van der Waals surface area (Å²) in [6.07, 6.45) is 1.62. The van der Waals surface area contributed by atoms with E-state index in [-0.39, 0.29) is 5.82 Å². The van der Waals surface area contributed by atoms with E-state index in [9.17, 15) is 4.39 Å². The van der Waals surface area contributed by atoms with E-state index in [1.165, 1.54) is 16.5 Å². The third kappa shape index (κ3) is 2.23. The van der Waals surface area contributed by atoms with E-state index < -0.39 is 0 Å². The molecule has 1 atom stereocenters. The van der Waals surface area contributed by atoms with Crippen LogP contribution in [-0.4, -0.2) is 13.1 Å². The SMILES string of the molecule is CC1c2ccsc2CCN1c1cccc(F)c1CCN. The Hall–Kier alpha value is -1.39. The lowest BCUT2D eigenvalue weighted by molar-refractivity contribution is 0.594. The minimum atomic E-state index is -0.142. The fraction of sp³-hybridized carbons (Fsp3) is 0.375. The van der Waals surface area contributed by atoms with Crippen LogP contribution < -0.4 is 10.6 Å². The summed E-state index contributed by atoms with van der Waals surface area (Å²) in [6, 6.07) is 7.82. The topological polar surface area (TPSA) is 29.3 Å². The second-order valence-electron chi connectivity index (χ2n) is 5.19. The van der Waals surface area contributed by atoms with Crippen molar-refractivity contribution >= 4 is 17.0 Å². The molecule has 0 fully saturated rings. The summed E-state index contributed by atoms with van der Waals surface area (Å²) in [4.78, 5) is 3.77. The van der Waals surface area contributed by atoms with Crippen LogP contribution in [0.4, 0.5) is 10.1 Å². The van der Waals surface area contributed by atoms with E-state index in [1.54, 1.807) is 6.07 Å². The number of nitrogens with zero attached hydrogens (tertiary/aromatic N) is 1. The fourth-order valence-corrected chi connectivity index (χ4v) is 4.01. The summed E-state index contributed by atoms with van der Waals surface area (Å²) in [5, 5.41) is 2.15. The van der Waals surface area contributed by atoms with Crippen molar-refractivity contribution in [1.29, 1.82) is 0 Å². The van der Waals surface area contributed by atoms with Crippen LogP contribution in [0.2, 0.25) is 0 Å². The molecule has 0 aliphatic carbocycles. The molecule has 1 aliphatic heterocycles. The predicted molar refractivity (Wildman–Crippen MR) is 82.9 cm³/mol. The molecular weight excluding hydrogens is 271 g/mol. The monoisotopic (exact) mass is 290 g/mol. The number of hydrogen-bond donors (Lipinski definition) is 1. The highest BCUT2D eigenvalue weighted by Gasteiger charge is 2.26. The molecule has 2 aromatic rings. The zero-order chi connectivity index (χ0) is 14.1. The Balaban J connectivity index is 2.00. The molecule has 20 heavy (non-hydrogen) atoms. The molecule has 2 N–H and O–H groups in total. The average Bonchev–Trinajstić information content (AvgIpc) is 2.91. The Kier molecular flexibility index (Phi) is 3.76. The molecule has 0 amide bonds. The summed E-state index contributed by atoms with van der Waals surface area (Å²) in [6.45, 7) is 3.61. The quantitative estimate of drug-likeness (QED) is 0.937. The van der Waals surface area contributed by atoms with Crippen molar-refractivity contribution in [2.24, 2.45) is 5.73 Å². The van der Waals surface area contributed by atoms with Gasteiger partial charge in [-0.15, -0.1) is 11.3 Å². The van der Waals surface area contributed by atoms with Crippen molar-refractivity contribution < 1.29 is 4.39 Å². The van der Waals surface area contributed by atoms with Crippen molar-refractivity contribution in [3.63, 3.8) is 0 Å². The number of benzene rings is 1. The summed E-state index contributed by atoms with van der Waals surface area (Å²) in [5.74, 6) is -0.142. The molecule has 2 heterocycles. The Morgan fingerprint density at radius 1 is 1.40 bits per heavy atom. The van der Waals surface area contributed by atoms with Gasteiger partial charge in [0.05, 0.1) is 6.04 Å². The first kappa shape index (κ1) is 13.6. The van der Waals surface area contributed by atoms with Crippen LogP contribution in [-0.2, 0) is 12.8 Å². The van der Waals surface area contributed by atoms with Crippen molar-refractivity contribution in [3.8, 4) is 0 Å². The van der Waals surface area contributed by atoms with Gasteiger partial charge in [-0.05, 0) is 55.5 Å². The summed E-state index contributed by atoms with van der Waals surface area (Å²) >= 11 is 1.82. The molecule has 0 radical (unpaired) electrons. The maximum Gasteiger partial charge on any atom is 0.128 e. The number of nitrogens with two attached hydrogens (primary N) is 1. The number of anilines is 1. The van der Waals surface area contributed by atoms with E-state index in [1.807, 2.05) is 17.4 Å². The van der Waals surface area contributed by atoms with Crippen LogP contribution >= 0.6 is 11.3 Å². The molecule has 4 heteroatoms. The van der Waals surface area contributed by atoms with E-state index in [0.29, 0.717) is 19.0 Å². The Morgan fingerprint density at radius 3 is 3.05 bits per heavy atom. The maximum atomic E-state index is 14.1. The summed E-state index contributed by atoms with van der Waals surface area (Å²) in [7, 11) is 0. The van der Waals surface area contributed by atoms with Gasteiger partial charge in [0.2, 0.25) is 0 Å². The van der Waals surface area contributed by atoms with Gasteiger partial charge in [-0.25, -0.2) is 4.39 Å². The first-order chi connectivity index (χ1) is 9.72. The minimum Gasteiger partial charge on any atom is -0.364 e. The molecular formula is C16H19FN2S. The van der Waals surface area contributed by atoms with Crippen LogP contribution in [0.15, 0.2) is 29.6 Å². The van der Waals surface area contributed by atoms with Crippen molar-refractivity contribution in [2.75, 3.05) is 18.0 Å². The Bertz CT molecular complexity index is 608. The largest absolute Gasteiger partial charge is 0.364 e. The molecule has 0 saturated heterocycles. The number of halogens is 1. The average molecular weight is 290 g/mol. The minimum absolute atomic E-state index is 0.142. The number of hydrogen-bond acceptors (Lipinski definition) is 3. The molecule has 1 unspecified atom stereocenters. The van der Waals surface area contributed by atoms with Gasteiger partial charge >= 0.3 is 0 Å². The first-order valence-corrected chi connectivity index (χ1v) is 7.90. The number of rotatable bonds is 3. The number of fused-ring (bicyclic) bond motifs is 1. The standard InChI is InChI=1S/C16H19FN2S/c1-11-12-7-10-20-16(12)6-9-19(11)15-4-2-3-14(17)13(15)5-8-18/h2-4,7,10-11H,5-6,8-9,18H2,1H3. The zero-order valence-electron chi connectivity index (χ0n) is 11.6. The van der Waals surface area contributed by atoms with Gasteiger partial charge < -0.3 is 10.6 Å². The van der Waals surface area contributed by atoms with Crippen LogP contribution in [0.25, 0.3) is 0 Å². The van der Waals surface area contributed by atoms with Crippen molar-refractivity contribution in [3.05, 3.63) is 51.5 Å². The highest BCUT2D eigenvalue weighted by molar-refractivity contribution is 7.10. The van der Waals surface area contributed by atoms with Crippen LogP contribution in [0, 0.1) is 5.82 Å². The molecule has 0 saturated carbocycles. The summed E-state index contributed by atoms with van der Waals surface area (Å²) < 4.78 is 14.1. The molecule has 2 nitrogen and oxygen atoms in total. The van der Waals surface area contributed by atoms with Gasteiger partial charge in [0, 0.05) is 22.7 Å². The lowest BCUT2D eigenvalue weighted by Gasteiger charge is -2.37. The van der Waals surface area contributed by atoms with E-state index >= 15 is 0 Å². The fourth-order valence-electron chi connectivity index (χ4n) is 3.05. The third-order valence-corrected chi connectivity index (χ3v) is 5.07. The lowest BCUT2D eigenvalue weighted by Crippen LogP contribution is -2.34. The van der Waals surface area contributed by atoms with Crippen LogP contribution in [0.1, 0.15) is 29.0 Å².